The standard InChI is InChI=1S/C13H19NO/c1-10-3-5-12(6-4-10)15-13-7-11(2)8-14-9-13/h7-10,12H,3-6H2,1-2H3. The van der Waals surface area contributed by atoms with E-state index in [1.54, 1.807) is 0 Å². The van der Waals surface area contributed by atoms with Gasteiger partial charge in [-0.05, 0) is 50.2 Å². The van der Waals surface area contributed by atoms with Gasteiger partial charge in [-0.15, -0.1) is 0 Å². The van der Waals surface area contributed by atoms with Gasteiger partial charge in [0.1, 0.15) is 5.75 Å². The maximum absolute atomic E-state index is 5.92. The molecule has 0 radical (unpaired) electrons. The summed E-state index contributed by atoms with van der Waals surface area (Å²) in [7, 11) is 0. The highest BCUT2D eigenvalue weighted by Gasteiger charge is 2.19. The largest absolute Gasteiger partial charge is 0.489 e. The summed E-state index contributed by atoms with van der Waals surface area (Å²) in [6.45, 7) is 4.37. The van der Waals surface area contributed by atoms with Crippen molar-refractivity contribution < 1.29 is 4.74 Å². The molecule has 1 heterocycles. The van der Waals surface area contributed by atoms with E-state index < -0.39 is 0 Å². The molecule has 0 atom stereocenters. The highest BCUT2D eigenvalue weighted by atomic mass is 16.5. The number of ether oxygens (including phenoxy) is 1. The summed E-state index contributed by atoms with van der Waals surface area (Å²) in [6.07, 6.45) is 9.04. The zero-order valence-electron chi connectivity index (χ0n) is 9.57. The minimum Gasteiger partial charge on any atom is -0.489 e. The van der Waals surface area contributed by atoms with Crippen molar-refractivity contribution in [3.63, 3.8) is 0 Å². The molecule has 2 nitrogen and oxygen atoms in total. The zero-order chi connectivity index (χ0) is 10.7. The van der Waals surface area contributed by atoms with E-state index in [1.807, 2.05) is 19.3 Å². The second kappa shape index (κ2) is 4.65. The quantitative estimate of drug-likeness (QED) is 0.738. The van der Waals surface area contributed by atoms with Crippen molar-refractivity contribution in [2.45, 2.75) is 45.6 Å². The second-order valence-corrected chi connectivity index (χ2v) is 4.70. The average molecular weight is 205 g/mol. The van der Waals surface area contributed by atoms with Gasteiger partial charge in [0.25, 0.3) is 0 Å². The topological polar surface area (TPSA) is 22.1 Å². The van der Waals surface area contributed by atoms with Crippen LogP contribution in [0.15, 0.2) is 18.5 Å². The molecule has 2 rings (SSSR count). The molecule has 0 bridgehead atoms. The van der Waals surface area contributed by atoms with Crippen LogP contribution in [0.2, 0.25) is 0 Å². The molecule has 1 aromatic rings. The Balaban J connectivity index is 1.92. The van der Waals surface area contributed by atoms with E-state index in [-0.39, 0.29) is 0 Å². The number of rotatable bonds is 2. The van der Waals surface area contributed by atoms with E-state index in [0.717, 1.165) is 17.2 Å². The van der Waals surface area contributed by atoms with Gasteiger partial charge >= 0.3 is 0 Å². The molecule has 0 aliphatic heterocycles. The van der Waals surface area contributed by atoms with Crippen LogP contribution in [0, 0.1) is 12.8 Å². The summed E-state index contributed by atoms with van der Waals surface area (Å²) in [5.41, 5.74) is 1.16. The van der Waals surface area contributed by atoms with E-state index in [9.17, 15) is 0 Å². The third-order valence-corrected chi connectivity index (χ3v) is 3.12. The Morgan fingerprint density at radius 1 is 1.20 bits per heavy atom. The first-order valence-corrected chi connectivity index (χ1v) is 5.82. The molecule has 1 aliphatic rings. The third-order valence-electron chi connectivity index (χ3n) is 3.12. The van der Waals surface area contributed by atoms with Gasteiger partial charge in [0.05, 0.1) is 12.3 Å². The number of pyridine rings is 1. The molecule has 1 aliphatic carbocycles. The van der Waals surface area contributed by atoms with Crippen molar-refractivity contribution in [3.8, 4) is 5.75 Å². The molecule has 0 saturated heterocycles. The lowest BCUT2D eigenvalue weighted by Crippen LogP contribution is -2.23. The molecule has 15 heavy (non-hydrogen) atoms. The zero-order valence-corrected chi connectivity index (χ0v) is 9.57. The lowest BCUT2D eigenvalue weighted by molar-refractivity contribution is 0.135. The minimum atomic E-state index is 0.407. The normalized spacial score (nSPS) is 26.3. The second-order valence-electron chi connectivity index (χ2n) is 4.70. The summed E-state index contributed by atoms with van der Waals surface area (Å²) in [5, 5.41) is 0. The molecule has 2 heteroatoms. The van der Waals surface area contributed by atoms with Crippen LogP contribution < -0.4 is 4.74 Å². The Labute approximate surface area is 91.7 Å². The van der Waals surface area contributed by atoms with Gasteiger partial charge in [-0.3, -0.25) is 4.98 Å². The molecule has 0 amide bonds. The van der Waals surface area contributed by atoms with Crippen molar-refractivity contribution in [1.29, 1.82) is 0 Å². The third kappa shape index (κ3) is 2.95. The first kappa shape index (κ1) is 10.5. The van der Waals surface area contributed by atoms with E-state index in [2.05, 4.69) is 18.0 Å². The van der Waals surface area contributed by atoms with E-state index in [1.165, 1.54) is 25.7 Å². The Hall–Kier alpha value is -1.05. The molecule has 0 unspecified atom stereocenters. The summed E-state index contributed by atoms with van der Waals surface area (Å²) in [4.78, 5) is 4.14. The summed E-state index contributed by atoms with van der Waals surface area (Å²) >= 11 is 0. The highest BCUT2D eigenvalue weighted by Crippen LogP contribution is 2.26. The van der Waals surface area contributed by atoms with Crippen molar-refractivity contribution in [3.05, 3.63) is 24.0 Å². The Morgan fingerprint density at radius 2 is 1.93 bits per heavy atom. The molecule has 0 aromatic carbocycles. The molecule has 1 saturated carbocycles. The van der Waals surface area contributed by atoms with Crippen LogP contribution in [0.3, 0.4) is 0 Å². The van der Waals surface area contributed by atoms with Crippen LogP contribution in [-0.4, -0.2) is 11.1 Å². The fourth-order valence-corrected chi connectivity index (χ4v) is 2.13. The van der Waals surface area contributed by atoms with Crippen molar-refractivity contribution in [2.24, 2.45) is 5.92 Å². The molecular weight excluding hydrogens is 186 g/mol. The Morgan fingerprint density at radius 3 is 2.60 bits per heavy atom. The number of hydrogen-bond donors (Lipinski definition) is 0. The molecule has 0 N–H and O–H groups in total. The monoisotopic (exact) mass is 205 g/mol. The van der Waals surface area contributed by atoms with Gasteiger partial charge in [0.15, 0.2) is 0 Å². The molecule has 0 spiro atoms. The number of hydrogen-bond acceptors (Lipinski definition) is 2. The maximum Gasteiger partial charge on any atom is 0.138 e. The number of aromatic nitrogens is 1. The fourth-order valence-electron chi connectivity index (χ4n) is 2.13. The maximum atomic E-state index is 5.92. The van der Waals surface area contributed by atoms with Crippen LogP contribution in [-0.2, 0) is 0 Å². The molecule has 1 aromatic heterocycles. The smallest absolute Gasteiger partial charge is 0.138 e. The molecule has 82 valence electrons. The van der Waals surface area contributed by atoms with E-state index in [0.29, 0.717) is 6.10 Å². The predicted molar refractivity (Wildman–Crippen MR) is 61.0 cm³/mol. The minimum absolute atomic E-state index is 0.407. The lowest BCUT2D eigenvalue weighted by Gasteiger charge is -2.26. The van der Waals surface area contributed by atoms with E-state index in [4.69, 9.17) is 4.74 Å². The van der Waals surface area contributed by atoms with E-state index >= 15 is 0 Å². The van der Waals surface area contributed by atoms with Gasteiger partial charge < -0.3 is 4.74 Å². The molecular formula is C13H19NO. The number of nitrogens with zero attached hydrogens (tertiary/aromatic N) is 1. The van der Waals surface area contributed by atoms with Crippen LogP contribution in [0.4, 0.5) is 0 Å². The first-order chi connectivity index (χ1) is 7.24. The summed E-state index contributed by atoms with van der Waals surface area (Å²) < 4.78 is 5.92. The Kier molecular flexibility index (Phi) is 3.24. The van der Waals surface area contributed by atoms with Gasteiger partial charge in [0, 0.05) is 6.20 Å². The molecule has 1 fully saturated rings. The first-order valence-electron chi connectivity index (χ1n) is 5.82. The van der Waals surface area contributed by atoms with Gasteiger partial charge in [-0.25, -0.2) is 0 Å². The van der Waals surface area contributed by atoms with Gasteiger partial charge in [-0.2, -0.15) is 0 Å². The van der Waals surface area contributed by atoms with Crippen molar-refractivity contribution in [1.82, 2.24) is 4.98 Å². The van der Waals surface area contributed by atoms with Crippen molar-refractivity contribution in [2.75, 3.05) is 0 Å². The summed E-state index contributed by atoms with van der Waals surface area (Å²) in [5.74, 6) is 1.80. The van der Waals surface area contributed by atoms with Gasteiger partial charge in [-0.1, -0.05) is 6.92 Å². The number of aryl methyl sites for hydroxylation is 1. The summed E-state index contributed by atoms with van der Waals surface area (Å²) in [6, 6.07) is 2.06. The predicted octanol–water partition coefficient (Wildman–Crippen LogP) is 3.35. The lowest BCUT2D eigenvalue weighted by atomic mass is 9.89. The van der Waals surface area contributed by atoms with Crippen molar-refractivity contribution >= 4 is 0 Å². The highest BCUT2D eigenvalue weighted by molar-refractivity contribution is 5.22. The van der Waals surface area contributed by atoms with Crippen LogP contribution in [0.25, 0.3) is 0 Å². The van der Waals surface area contributed by atoms with Crippen LogP contribution in [0.1, 0.15) is 38.2 Å². The van der Waals surface area contributed by atoms with Gasteiger partial charge in [0.2, 0.25) is 0 Å². The fraction of sp³-hybridized carbons (Fsp3) is 0.615. The SMILES string of the molecule is Cc1cncc(OC2CCC(C)CC2)c1. The Bertz CT molecular complexity index is 316. The van der Waals surface area contributed by atoms with Crippen LogP contribution in [0.5, 0.6) is 5.75 Å². The van der Waals surface area contributed by atoms with Crippen LogP contribution >= 0.6 is 0 Å². The average Bonchev–Trinajstić information content (AvgIpc) is 2.22.